The molecule has 0 atom stereocenters. The van der Waals surface area contributed by atoms with E-state index in [1.54, 1.807) is 18.4 Å². The molecule has 0 saturated heterocycles. The van der Waals surface area contributed by atoms with Crippen molar-refractivity contribution in [2.24, 2.45) is 0 Å². The van der Waals surface area contributed by atoms with E-state index in [9.17, 15) is 4.79 Å². The molecule has 0 N–H and O–H groups in total. The highest BCUT2D eigenvalue weighted by Crippen LogP contribution is 2.22. The lowest BCUT2D eigenvalue weighted by molar-refractivity contribution is -0.123. The first-order valence-corrected chi connectivity index (χ1v) is 6.16. The molecule has 0 aliphatic rings. The van der Waals surface area contributed by atoms with Crippen LogP contribution in [0.3, 0.4) is 0 Å². The Morgan fingerprint density at radius 3 is 2.87 bits per heavy atom. The number of methoxy groups -OCH3 is 1. The normalized spacial score (nSPS) is 10.5. The van der Waals surface area contributed by atoms with Crippen LogP contribution in [0.2, 0.25) is 0 Å². The van der Waals surface area contributed by atoms with Gasteiger partial charge >= 0.3 is 0 Å². The third kappa shape index (κ3) is 5.41. The monoisotopic (exact) mass is 292 g/mol. The highest BCUT2D eigenvalue weighted by Gasteiger charge is 2.05. The van der Waals surface area contributed by atoms with E-state index in [1.807, 2.05) is 12.1 Å². The predicted molar refractivity (Wildman–Crippen MR) is 63.4 cm³/mol. The molecule has 0 fully saturated rings. The highest BCUT2D eigenvalue weighted by molar-refractivity contribution is 9.11. The molecule has 0 unspecified atom stereocenters. The number of carbonyl (C=O) groups excluding carboxylic acids is 1. The summed E-state index contributed by atoms with van der Waals surface area (Å²) in [5.41, 5.74) is 0. The van der Waals surface area contributed by atoms with Crippen molar-refractivity contribution in [2.75, 3.05) is 26.9 Å². The molecule has 1 rings (SSSR count). The summed E-state index contributed by atoms with van der Waals surface area (Å²) in [5.74, 6) is 0.0976. The van der Waals surface area contributed by atoms with Crippen LogP contribution >= 0.6 is 27.3 Å². The summed E-state index contributed by atoms with van der Waals surface area (Å²) in [4.78, 5) is 12.5. The van der Waals surface area contributed by atoms with Crippen molar-refractivity contribution >= 4 is 33.0 Å². The average Bonchev–Trinajstić information content (AvgIpc) is 2.59. The van der Waals surface area contributed by atoms with Gasteiger partial charge in [-0.1, -0.05) is 0 Å². The summed E-state index contributed by atoms with van der Waals surface area (Å²) >= 11 is 4.93. The molecular formula is C10H13BrO3S. The van der Waals surface area contributed by atoms with E-state index in [0.717, 1.165) is 8.66 Å². The molecule has 0 spiro atoms. The molecule has 0 bridgehead atoms. The van der Waals surface area contributed by atoms with Crippen LogP contribution < -0.4 is 0 Å². The van der Waals surface area contributed by atoms with E-state index in [4.69, 9.17) is 9.47 Å². The van der Waals surface area contributed by atoms with Gasteiger partial charge in [0.1, 0.15) is 6.61 Å². The van der Waals surface area contributed by atoms with Crippen molar-refractivity contribution in [3.05, 3.63) is 20.8 Å². The quantitative estimate of drug-likeness (QED) is 0.724. The molecule has 1 aromatic rings. The van der Waals surface area contributed by atoms with E-state index in [0.29, 0.717) is 19.6 Å². The van der Waals surface area contributed by atoms with E-state index in [-0.39, 0.29) is 12.4 Å². The van der Waals surface area contributed by atoms with E-state index < -0.39 is 0 Å². The third-order valence-electron chi connectivity index (χ3n) is 1.70. The molecule has 0 aromatic carbocycles. The summed E-state index contributed by atoms with van der Waals surface area (Å²) in [5, 5.41) is 0. The number of ketones is 1. The molecule has 3 nitrogen and oxygen atoms in total. The molecular weight excluding hydrogens is 280 g/mol. The van der Waals surface area contributed by atoms with Crippen molar-refractivity contribution in [2.45, 2.75) is 6.42 Å². The van der Waals surface area contributed by atoms with Crippen LogP contribution in [0.1, 0.15) is 4.88 Å². The smallest absolute Gasteiger partial charge is 0.163 e. The summed E-state index contributed by atoms with van der Waals surface area (Å²) in [7, 11) is 1.61. The average molecular weight is 293 g/mol. The Morgan fingerprint density at radius 2 is 2.27 bits per heavy atom. The van der Waals surface area contributed by atoms with E-state index in [1.165, 1.54) is 0 Å². The lowest BCUT2D eigenvalue weighted by Gasteiger charge is -2.01. The van der Waals surface area contributed by atoms with Crippen molar-refractivity contribution in [1.82, 2.24) is 0 Å². The van der Waals surface area contributed by atoms with Crippen molar-refractivity contribution in [3.8, 4) is 0 Å². The molecule has 5 heteroatoms. The molecule has 1 aromatic heterocycles. The number of hydrogen-bond acceptors (Lipinski definition) is 4. The maximum atomic E-state index is 11.4. The van der Waals surface area contributed by atoms with Crippen molar-refractivity contribution in [3.63, 3.8) is 0 Å². The zero-order valence-electron chi connectivity index (χ0n) is 8.49. The first-order valence-electron chi connectivity index (χ1n) is 4.55. The number of carbonyl (C=O) groups is 1. The molecule has 84 valence electrons. The summed E-state index contributed by atoms with van der Waals surface area (Å²) in [6, 6.07) is 3.89. The Bertz CT molecular complexity index is 311. The van der Waals surface area contributed by atoms with Crippen LogP contribution in [-0.2, 0) is 20.7 Å². The van der Waals surface area contributed by atoms with Gasteiger partial charge in [0.2, 0.25) is 0 Å². The maximum absolute atomic E-state index is 11.4. The van der Waals surface area contributed by atoms with Gasteiger partial charge in [-0.15, -0.1) is 11.3 Å². The maximum Gasteiger partial charge on any atom is 0.163 e. The largest absolute Gasteiger partial charge is 0.382 e. The fraction of sp³-hybridized carbons (Fsp3) is 0.500. The van der Waals surface area contributed by atoms with E-state index >= 15 is 0 Å². The number of halogens is 1. The second-order valence-electron chi connectivity index (χ2n) is 2.97. The van der Waals surface area contributed by atoms with Crippen LogP contribution in [0.15, 0.2) is 15.9 Å². The van der Waals surface area contributed by atoms with Crippen molar-refractivity contribution in [1.29, 1.82) is 0 Å². The molecule has 15 heavy (non-hydrogen) atoms. The SMILES string of the molecule is COCCOCC(=O)Cc1ccc(Br)s1. The minimum absolute atomic E-state index is 0.0976. The number of Topliss-reactive ketones (excluding diaryl/α,β-unsaturated/α-hetero) is 1. The fourth-order valence-corrected chi connectivity index (χ4v) is 2.53. The van der Waals surface area contributed by atoms with Gasteiger partial charge < -0.3 is 9.47 Å². The molecule has 1 heterocycles. The Hall–Kier alpha value is -0.230. The van der Waals surface area contributed by atoms with Gasteiger partial charge in [0.25, 0.3) is 0 Å². The fourth-order valence-electron chi connectivity index (χ4n) is 1.02. The van der Waals surface area contributed by atoms with Crippen molar-refractivity contribution < 1.29 is 14.3 Å². The molecule has 0 radical (unpaired) electrons. The van der Waals surface area contributed by atoms with Crippen LogP contribution in [-0.4, -0.2) is 32.7 Å². The van der Waals surface area contributed by atoms with Gasteiger partial charge in [-0.2, -0.15) is 0 Å². The molecule has 0 saturated carbocycles. The first kappa shape index (κ1) is 12.8. The van der Waals surface area contributed by atoms with Gasteiger partial charge in [0.05, 0.1) is 17.0 Å². The molecule has 0 amide bonds. The van der Waals surface area contributed by atoms with Crippen LogP contribution in [0, 0.1) is 0 Å². The Morgan fingerprint density at radius 1 is 1.47 bits per heavy atom. The van der Waals surface area contributed by atoms with Gasteiger partial charge in [0.15, 0.2) is 5.78 Å². The first-order chi connectivity index (χ1) is 7.22. The number of hydrogen-bond donors (Lipinski definition) is 0. The van der Waals surface area contributed by atoms with Gasteiger partial charge in [-0.3, -0.25) is 4.79 Å². The van der Waals surface area contributed by atoms with Crippen LogP contribution in [0.5, 0.6) is 0 Å². The lowest BCUT2D eigenvalue weighted by atomic mass is 10.2. The third-order valence-corrected chi connectivity index (χ3v) is 3.32. The number of thiophene rings is 1. The van der Waals surface area contributed by atoms with E-state index in [2.05, 4.69) is 15.9 Å². The Labute approximate surface area is 102 Å². The zero-order chi connectivity index (χ0) is 11.1. The van der Waals surface area contributed by atoms with Gasteiger partial charge in [-0.05, 0) is 28.1 Å². The standard InChI is InChI=1S/C10H13BrO3S/c1-13-4-5-14-7-8(12)6-9-2-3-10(11)15-9/h2-3H,4-7H2,1H3. The van der Waals surface area contributed by atoms with Crippen LogP contribution in [0.25, 0.3) is 0 Å². The zero-order valence-corrected chi connectivity index (χ0v) is 10.9. The van der Waals surface area contributed by atoms with Gasteiger partial charge in [-0.25, -0.2) is 0 Å². The topological polar surface area (TPSA) is 35.5 Å². The van der Waals surface area contributed by atoms with Crippen LogP contribution in [0.4, 0.5) is 0 Å². The minimum Gasteiger partial charge on any atom is -0.382 e. The summed E-state index contributed by atoms with van der Waals surface area (Å²) in [6.07, 6.45) is 0.448. The van der Waals surface area contributed by atoms with Gasteiger partial charge in [0, 0.05) is 18.4 Å². The number of rotatable bonds is 7. The second kappa shape index (κ2) is 7.11. The Kier molecular flexibility index (Phi) is 6.09. The second-order valence-corrected chi connectivity index (χ2v) is 5.51. The number of ether oxygens (including phenoxy) is 2. The summed E-state index contributed by atoms with van der Waals surface area (Å²) < 4.78 is 11.0. The lowest BCUT2D eigenvalue weighted by Crippen LogP contribution is -2.13. The molecule has 0 aliphatic heterocycles. The Balaban J connectivity index is 2.18. The minimum atomic E-state index is 0.0976. The molecule has 0 aliphatic carbocycles. The highest BCUT2D eigenvalue weighted by atomic mass is 79.9. The summed E-state index contributed by atoms with van der Waals surface area (Å²) in [6.45, 7) is 1.16. The predicted octanol–water partition coefficient (Wildman–Crippen LogP) is 2.29.